The van der Waals surface area contributed by atoms with Gasteiger partial charge in [-0.2, -0.15) is 13.4 Å². The van der Waals surface area contributed by atoms with E-state index in [9.17, 15) is 12.8 Å². The van der Waals surface area contributed by atoms with Gasteiger partial charge in [0.1, 0.15) is 17.4 Å². The lowest BCUT2D eigenvalue weighted by molar-refractivity contribution is 0.340. The van der Waals surface area contributed by atoms with E-state index in [1.165, 1.54) is 24.4 Å². The first-order valence-electron chi connectivity index (χ1n) is 10.8. The number of hydrogen-bond donors (Lipinski definition) is 3. The van der Waals surface area contributed by atoms with Gasteiger partial charge in [-0.15, -0.1) is 0 Å². The van der Waals surface area contributed by atoms with Crippen LogP contribution in [0.15, 0.2) is 36.5 Å². The van der Waals surface area contributed by atoms with Gasteiger partial charge >= 0.3 is 10.1 Å². The fourth-order valence-corrected chi connectivity index (χ4v) is 5.19. The number of halogens is 1. The van der Waals surface area contributed by atoms with Crippen molar-refractivity contribution in [3.63, 3.8) is 0 Å². The lowest BCUT2D eigenvalue weighted by Crippen LogP contribution is -2.32. The summed E-state index contributed by atoms with van der Waals surface area (Å²) in [5.74, 6) is 0.0237. The van der Waals surface area contributed by atoms with Crippen LogP contribution in [0.25, 0.3) is 11.1 Å². The van der Waals surface area contributed by atoms with Gasteiger partial charge in [0.25, 0.3) is 0 Å². The van der Waals surface area contributed by atoms with E-state index in [1.807, 2.05) is 0 Å². The molecule has 11 heteroatoms. The van der Waals surface area contributed by atoms with E-state index in [0.29, 0.717) is 40.8 Å². The number of hydrogen-bond acceptors (Lipinski definition) is 9. The molecule has 9 nitrogen and oxygen atoms in total. The zero-order valence-corrected chi connectivity index (χ0v) is 19.4. The van der Waals surface area contributed by atoms with Crippen LogP contribution in [0.4, 0.5) is 21.8 Å². The van der Waals surface area contributed by atoms with Gasteiger partial charge in [0.05, 0.1) is 17.4 Å². The number of aromatic nitrogens is 2. The molecule has 0 unspecified atom stereocenters. The Balaban J connectivity index is 1.87. The van der Waals surface area contributed by atoms with Gasteiger partial charge in [-0.05, 0) is 61.2 Å². The zero-order valence-electron chi connectivity index (χ0n) is 18.6. The second kappa shape index (κ2) is 9.34. The second-order valence-corrected chi connectivity index (χ2v) is 9.94. The highest BCUT2D eigenvalue weighted by Crippen LogP contribution is 2.43. The van der Waals surface area contributed by atoms with Crippen LogP contribution in [-0.4, -0.2) is 30.2 Å². The van der Waals surface area contributed by atoms with E-state index < -0.39 is 21.2 Å². The molecule has 1 saturated carbocycles. The highest BCUT2D eigenvalue weighted by molar-refractivity contribution is 7.87. The zero-order chi connectivity index (χ0) is 24.5. The quantitative estimate of drug-likeness (QED) is 0.320. The van der Waals surface area contributed by atoms with Crippen molar-refractivity contribution < 1.29 is 21.7 Å². The monoisotopic (exact) mass is 487 g/mol. The highest BCUT2D eigenvalue weighted by atomic mass is 32.2. The predicted molar refractivity (Wildman–Crippen MR) is 128 cm³/mol. The van der Waals surface area contributed by atoms with Gasteiger partial charge in [0.15, 0.2) is 5.75 Å². The molecule has 0 aliphatic heterocycles. The van der Waals surface area contributed by atoms with Crippen LogP contribution in [0, 0.1) is 5.82 Å². The van der Waals surface area contributed by atoms with Gasteiger partial charge in [0.2, 0.25) is 5.95 Å². The molecular formula is C23H26FN5O4S. The van der Waals surface area contributed by atoms with Crippen molar-refractivity contribution in [1.29, 1.82) is 0 Å². The molecule has 0 amide bonds. The molecule has 1 aromatic heterocycles. The van der Waals surface area contributed by atoms with Crippen LogP contribution >= 0.6 is 0 Å². The fraction of sp³-hybridized carbons (Fsp3) is 0.304. The molecule has 6 N–H and O–H groups in total. The Labute approximate surface area is 197 Å². The van der Waals surface area contributed by atoms with E-state index in [2.05, 4.69) is 9.97 Å². The van der Waals surface area contributed by atoms with Crippen LogP contribution in [0.1, 0.15) is 37.3 Å². The van der Waals surface area contributed by atoms with Gasteiger partial charge in [-0.25, -0.2) is 9.37 Å². The number of anilines is 3. The summed E-state index contributed by atoms with van der Waals surface area (Å²) < 4.78 is 51.5. The number of nitrogen functional groups attached to an aromatic ring is 3. The summed E-state index contributed by atoms with van der Waals surface area (Å²) in [6.45, 7) is 2.07. The third-order valence-corrected chi connectivity index (χ3v) is 7.31. The lowest BCUT2D eigenvalue weighted by atomic mass is 9.98. The molecule has 1 aliphatic rings. The summed E-state index contributed by atoms with van der Waals surface area (Å²) in [5.41, 5.74) is 19.5. The Morgan fingerprint density at radius 3 is 2.44 bits per heavy atom. The number of nitrogens with zero attached hydrogens (tertiary/aromatic N) is 2. The van der Waals surface area contributed by atoms with Crippen molar-refractivity contribution in [2.45, 2.75) is 37.9 Å². The average Bonchev–Trinajstić information content (AvgIpc) is 2.67. The minimum absolute atomic E-state index is 0.0211. The molecule has 34 heavy (non-hydrogen) atoms. The van der Waals surface area contributed by atoms with Crippen molar-refractivity contribution in [3.05, 3.63) is 53.5 Å². The number of nitrogens with two attached hydrogens (primary N) is 3. The molecule has 0 radical (unpaired) electrons. The van der Waals surface area contributed by atoms with Crippen molar-refractivity contribution >= 4 is 27.6 Å². The fourth-order valence-electron chi connectivity index (χ4n) is 3.77. The third kappa shape index (κ3) is 4.98. The number of rotatable bonds is 8. The standard InChI is InChI=1S/C23H26FN5O4S/c1-2-32-19-7-13(6-15-12-28-23(27)29-22(15)26)8-20(33-34(30,31)18-4-3-5-18)21(19)14-9-16(24)11-17(25)10-14/h7-12,18H,2-6,25H2,1H3,(H4,26,27,28,29). The minimum atomic E-state index is -3.91. The van der Waals surface area contributed by atoms with E-state index >= 15 is 0 Å². The van der Waals surface area contributed by atoms with E-state index in [4.69, 9.17) is 26.1 Å². The van der Waals surface area contributed by atoms with Crippen LogP contribution in [0.3, 0.4) is 0 Å². The number of ether oxygens (including phenoxy) is 1. The van der Waals surface area contributed by atoms with Gasteiger partial charge in [0, 0.05) is 23.9 Å². The average molecular weight is 488 g/mol. The molecule has 1 aliphatic carbocycles. The predicted octanol–water partition coefficient (Wildman–Crippen LogP) is 3.28. The normalized spacial score (nSPS) is 13.9. The van der Waals surface area contributed by atoms with Gasteiger partial charge in [-0.1, -0.05) is 6.42 Å². The Hall–Kier alpha value is -3.60. The van der Waals surface area contributed by atoms with E-state index in [0.717, 1.165) is 6.42 Å². The molecule has 2 aromatic carbocycles. The van der Waals surface area contributed by atoms with Crippen molar-refractivity contribution in [1.82, 2.24) is 9.97 Å². The molecular weight excluding hydrogens is 461 g/mol. The first-order chi connectivity index (χ1) is 16.2. The molecule has 0 saturated heterocycles. The maximum absolute atomic E-state index is 14.2. The topological polar surface area (TPSA) is 156 Å². The van der Waals surface area contributed by atoms with Gasteiger partial charge in [-0.3, -0.25) is 0 Å². The summed E-state index contributed by atoms with van der Waals surface area (Å²) in [6, 6.07) is 7.26. The summed E-state index contributed by atoms with van der Waals surface area (Å²) in [5, 5.41) is -0.585. The molecule has 1 fully saturated rings. The summed E-state index contributed by atoms with van der Waals surface area (Å²) in [4.78, 5) is 7.94. The SMILES string of the molecule is CCOc1cc(Cc2cnc(N)nc2N)cc(OS(=O)(=O)C2CCC2)c1-c1cc(N)cc(F)c1. The smallest absolute Gasteiger partial charge is 0.312 e. The highest BCUT2D eigenvalue weighted by Gasteiger charge is 2.34. The first-order valence-corrected chi connectivity index (χ1v) is 12.3. The summed E-state index contributed by atoms with van der Waals surface area (Å²) in [7, 11) is -3.91. The van der Waals surface area contributed by atoms with Crippen LogP contribution in [0.5, 0.6) is 11.5 Å². The molecule has 180 valence electrons. The Morgan fingerprint density at radius 2 is 1.82 bits per heavy atom. The molecule has 3 aromatic rings. The molecule has 0 atom stereocenters. The molecule has 0 spiro atoms. The maximum atomic E-state index is 14.2. The van der Waals surface area contributed by atoms with E-state index in [1.54, 1.807) is 19.1 Å². The molecule has 4 rings (SSSR count). The Morgan fingerprint density at radius 1 is 1.09 bits per heavy atom. The third-order valence-electron chi connectivity index (χ3n) is 5.61. The second-order valence-electron chi connectivity index (χ2n) is 8.12. The Kier molecular flexibility index (Phi) is 6.47. The first kappa shape index (κ1) is 23.6. The molecule has 1 heterocycles. The molecule has 0 bridgehead atoms. The van der Waals surface area contributed by atoms with Crippen LogP contribution in [-0.2, 0) is 16.5 Å². The lowest BCUT2D eigenvalue weighted by Gasteiger charge is -2.26. The van der Waals surface area contributed by atoms with Crippen LogP contribution < -0.4 is 26.1 Å². The van der Waals surface area contributed by atoms with E-state index in [-0.39, 0.29) is 36.2 Å². The van der Waals surface area contributed by atoms with Crippen molar-refractivity contribution in [2.75, 3.05) is 23.8 Å². The maximum Gasteiger partial charge on any atom is 0.312 e. The Bertz CT molecular complexity index is 1310. The largest absolute Gasteiger partial charge is 0.493 e. The summed E-state index contributed by atoms with van der Waals surface area (Å²) >= 11 is 0. The van der Waals surface area contributed by atoms with Gasteiger partial charge < -0.3 is 26.1 Å². The van der Waals surface area contributed by atoms with Crippen molar-refractivity contribution in [3.8, 4) is 22.6 Å². The minimum Gasteiger partial charge on any atom is -0.493 e. The van der Waals surface area contributed by atoms with Crippen molar-refractivity contribution in [2.24, 2.45) is 0 Å². The summed E-state index contributed by atoms with van der Waals surface area (Å²) in [6.07, 6.45) is 3.65. The van der Waals surface area contributed by atoms with Crippen LogP contribution in [0.2, 0.25) is 0 Å². The number of benzene rings is 2.